The Morgan fingerprint density at radius 2 is 2.10 bits per heavy atom. The Balaban J connectivity index is 1.64. The molecule has 4 heteroatoms. The summed E-state index contributed by atoms with van der Waals surface area (Å²) in [7, 11) is 1.89. The van der Waals surface area contributed by atoms with Gasteiger partial charge < -0.3 is 15.3 Å². The van der Waals surface area contributed by atoms with E-state index in [0.717, 1.165) is 31.5 Å². The van der Waals surface area contributed by atoms with Crippen molar-refractivity contribution in [1.82, 2.24) is 4.90 Å². The minimum absolute atomic E-state index is 0.00472. The van der Waals surface area contributed by atoms with Crippen molar-refractivity contribution in [3.05, 3.63) is 29.8 Å². The molecule has 2 atom stereocenters. The van der Waals surface area contributed by atoms with Gasteiger partial charge in [0.05, 0.1) is 12.0 Å². The Morgan fingerprint density at radius 3 is 2.81 bits per heavy atom. The van der Waals surface area contributed by atoms with E-state index in [-0.39, 0.29) is 24.0 Å². The van der Waals surface area contributed by atoms with Crippen LogP contribution in [0.1, 0.15) is 25.3 Å². The number of hydrogen-bond donors (Lipinski definition) is 2. The van der Waals surface area contributed by atoms with Gasteiger partial charge in [0.25, 0.3) is 0 Å². The minimum atomic E-state index is -0.152. The van der Waals surface area contributed by atoms with Crippen LogP contribution < -0.4 is 5.32 Å². The first-order chi connectivity index (χ1) is 10.0. The van der Waals surface area contributed by atoms with Crippen LogP contribution in [0.5, 0.6) is 0 Å². The SMILES string of the molecule is CC1Nc2ccccc2CC1C(=O)N(C)CC1CC(O)C1. The Labute approximate surface area is 126 Å². The third kappa shape index (κ3) is 2.91. The highest BCUT2D eigenvalue weighted by molar-refractivity contribution is 5.81. The Morgan fingerprint density at radius 1 is 1.38 bits per heavy atom. The maximum absolute atomic E-state index is 12.7. The molecule has 0 bridgehead atoms. The van der Waals surface area contributed by atoms with Gasteiger partial charge in [0, 0.05) is 25.3 Å². The molecule has 1 fully saturated rings. The van der Waals surface area contributed by atoms with E-state index in [1.54, 1.807) is 0 Å². The molecule has 0 spiro atoms. The summed E-state index contributed by atoms with van der Waals surface area (Å²) in [6.07, 6.45) is 2.32. The molecule has 1 amide bonds. The summed E-state index contributed by atoms with van der Waals surface area (Å²) in [6, 6.07) is 8.37. The monoisotopic (exact) mass is 288 g/mol. The van der Waals surface area contributed by atoms with Gasteiger partial charge in [0.15, 0.2) is 0 Å². The Hall–Kier alpha value is -1.55. The van der Waals surface area contributed by atoms with E-state index in [0.29, 0.717) is 5.92 Å². The lowest BCUT2D eigenvalue weighted by Gasteiger charge is -2.38. The highest BCUT2D eigenvalue weighted by atomic mass is 16.3. The lowest BCUT2D eigenvalue weighted by molar-refractivity contribution is -0.136. The normalized spacial score (nSPS) is 30.8. The van der Waals surface area contributed by atoms with Crippen LogP contribution in [0.4, 0.5) is 5.69 Å². The van der Waals surface area contributed by atoms with Gasteiger partial charge in [-0.3, -0.25) is 4.79 Å². The molecule has 1 saturated carbocycles. The lowest BCUT2D eigenvalue weighted by Crippen LogP contribution is -2.47. The maximum atomic E-state index is 12.7. The van der Waals surface area contributed by atoms with Crippen LogP contribution >= 0.6 is 0 Å². The van der Waals surface area contributed by atoms with E-state index in [4.69, 9.17) is 0 Å². The van der Waals surface area contributed by atoms with Crippen molar-refractivity contribution in [3.63, 3.8) is 0 Å². The molecule has 0 radical (unpaired) electrons. The summed E-state index contributed by atoms with van der Waals surface area (Å²) in [5.41, 5.74) is 2.38. The number of para-hydroxylation sites is 1. The van der Waals surface area contributed by atoms with Gasteiger partial charge in [-0.1, -0.05) is 18.2 Å². The zero-order valence-electron chi connectivity index (χ0n) is 12.7. The zero-order chi connectivity index (χ0) is 15.0. The molecule has 1 aliphatic carbocycles. The predicted molar refractivity (Wildman–Crippen MR) is 83.1 cm³/mol. The third-order valence-corrected chi connectivity index (χ3v) is 4.88. The first kappa shape index (κ1) is 14.4. The number of fused-ring (bicyclic) bond motifs is 1. The van der Waals surface area contributed by atoms with Crippen LogP contribution in [-0.2, 0) is 11.2 Å². The molecule has 4 nitrogen and oxygen atoms in total. The van der Waals surface area contributed by atoms with Gasteiger partial charge in [-0.15, -0.1) is 0 Å². The molecule has 1 aromatic carbocycles. The summed E-state index contributed by atoms with van der Waals surface area (Å²) >= 11 is 0. The fourth-order valence-corrected chi connectivity index (χ4v) is 3.51. The van der Waals surface area contributed by atoms with Crippen LogP contribution in [0.15, 0.2) is 24.3 Å². The second-order valence-corrected chi connectivity index (χ2v) is 6.61. The topological polar surface area (TPSA) is 52.6 Å². The smallest absolute Gasteiger partial charge is 0.227 e. The first-order valence-corrected chi connectivity index (χ1v) is 7.82. The van der Waals surface area contributed by atoms with Crippen LogP contribution in [0, 0.1) is 11.8 Å². The summed E-state index contributed by atoms with van der Waals surface area (Å²) in [5.74, 6) is 0.675. The highest BCUT2D eigenvalue weighted by Gasteiger charge is 2.34. The number of anilines is 1. The largest absolute Gasteiger partial charge is 0.393 e. The molecule has 2 aliphatic rings. The van der Waals surface area contributed by atoms with E-state index in [1.165, 1.54) is 5.56 Å². The van der Waals surface area contributed by atoms with Crippen molar-refractivity contribution in [2.75, 3.05) is 18.9 Å². The number of nitrogens with one attached hydrogen (secondary N) is 1. The predicted octanol–water partition coefficient (Wildman–Crippen LogP) is 1.89. The lowest BCUT2D eigenvalue weighted by atomic mass is 9.81. The number of nitrogens with zero attached hydrogens (tertiary/aromatic N) is 1. The molecule has 2 unspecified atom stereocenters. The maximum Gasteiger partial charge on any atom is 0.227 e. The molecule has 1 aromatic rings. The molecule has 0 saturated heterocycles. The van der Waals surface area contributed by atoms with Crippen molar-refractivity contribution in [3.8, 4) is 0 Å². The molecule has 114 valence electrons. The van der Waals surface area contributed by atoms with Crippen LogP contribution in [0.3, 0.4) is 0 Å². The second-order valence-electron chi connectivity index (χ2n) is 6.61. The third-order valence-electron chi connectivity index (χ3n) is 4.88. The minimum Gasteiger partial charge on any atom is -0.393 e. The average molecular weight is 288 g/mol. The highest BCUT2D eigenvalue weighted by Crippen LogP contribution is 2.31. The van der Waals surface area contributed by atoms with Gasteiger partial charge in [0.1, 0.15) is 0 Å². The number of hydrogen-bond acceptors (Lipinski definition) is 3. The Bertz CT molecular complexity index is 525. The number of rotatable bonds is 3. The van der Waals surface area contributed by atoms with Crippen LogP contribution in [-0.4, -0.2) is 41.7 Å². The standard InChI is InChI=1S/C17H24N2O2/c1-11-15(9-13-5-3-4-6-16(13)18-11)17(21)19(2)10-12-7-14(20)8-12/h3-6,11-12,14-15,18,20H,7-10H2,1-2H3. The summed E-state index contributed by atoms with van der Waals surface area (Å²) in [4.78, 5) is 14.6. The van der Waals surface area contributed by atoms with E-state index in [9.17, 15) is 9.90 Å². The van der Waals surface area contributed by atoms with E-state index in [1.807, 2.05) is 24.1 Å². The number of aliphatic hydroxyl groups is 1. The molecule has 3 rings (SSSR count). The van der Waals surface area contributed by atoms with Crippen molar-refractivity contribution >= 4 is 11.6 Å². The number of carbonyl (C=O) groups excluding carboxylic acids is 1. The van der Waals surface area contributed by atoms with Crippen LogP contribution in [0.25, 0.3) is 0 Å². The van der Waals surface area contributed by atoms with E-state index in [2.05, 4.69) is 24.4 Å². The molecule has 1 heterocycles. The van der Waals surface area contributed by atoms with Crippen molar-refractivity contribution < 1.29 is 9.90 Å². The molecular formula is C17H24N2O2. The molecular weight excluding hydrogens is 264 g/mol. The zero-order valence-corrected chi connectivity index (χ0v) is 12.7. The number of benzene rings is 1. The first-order valence-electron chi connectivity index (χ1n) is 7.82. The number of amides is 1. The molecule has 0 aromatic heterocycles. The summed E-state index contributed by atoms with van der Waals surface area (Å²) < 4.78 is 0. The van der Waals surface area contributed by atoms with Gasteiger partial charge >= 0.3 is 0 Å². The fraction of sp³-hybridized carbons (Fsp3) is 0.588. The summed E-state index contributed by atoms with van der Waals surface area (Å²) in [6.45, 7) is 2.85. The van der Waals surface area contributed by atoms with E-state index >= 15 is 0 Å². The average Bonchev–Trinajstić information content (AvgIpc) is 2.44. The quantitative estimate of drug-likeness (QED) is 0.893. The van der Waals surface area contributed by atoms with Gasteiger partial charge in [-0.05, 0) is 43.7 Å². The molecule has 2 N–H and O–H groups in total. The molecule has 21 heavy (non-hydrogen) atoms. The number of carbonyl (C=O) groups is 1. The van der Waals surface area contributed by atoms with Gasteiger partial charge in [-0.2, -0.15) is 0 Å². The van der Waals surface area contributed by atoms with Crippen molar-refractivity contribution in [2.45, 2.75) is 38.3 Å². The van der Waals surface area contributed by atoms with Gasteiger partial charge in [-0.25, -0.2) is 0 Å². The Kier molecular flexibility index (Phi) is 3.89. The summed E-state index contributed by atoms with van der Waals surface area (Å²) in [5, 5.41) is 12.8. The second kappa shape index (κ2) is 5.68. The van der Waals surface area contributed by atoms with Gasteiger partial charge in [0.2, 0.25) is 5.91 Å². The van der Waals surface area contributed by atoms with E-state index < -0.39 is 0 Å². The number of aliphatic hydroxyl groups excluding tert-OH is 1. The van der Waals surface area contributed by atoms with Crippen LogP contribution in [0.2, 0.25) is 0 Å². The fourth-order valence-electron chi connectivity index (χ4n) is 3.51. The van der Waals surface area contributed by atoms with Crippen molar-refractivity contribution in [1.29, 1.82) is 0 Å². The molecule has 1 aliphatic heterocycles. The van der Waals surface area contributed by atoms with Crippen molar-refractivity contribution in [2.24, 2.45) is 11.8 Å².